The minimum Gasteiger partial charge on any atom is -0.338 e. The Morgan fingerprint density at radius 1 is 0.600 bits per heavy atom. The summed E-state index contributed by atoms with van der Waals surface area (Å²) in [6, 6.07) is 0.662. The number of urea groups is 2. The number of carbonyl (C=O) groups excluding carboxylic acids is 2. The summed E-state index contributed by atoms with van der Waals surface area (Å²) in [7, 11) is 0. The minimum absolute atomic E-state index is 0.0307. The molecule has 4 amide bonds. The predicted octanol–water partition coefficient (Wildman–Crippen LogP) is 3.42. The van der Waals surface area contributed by atoms with Crippen LogP contribution < -0.4 is 21.3 Å². The van der Waals surface area contributed by atoms with Crippen LogP contribution >= 0.6 is 0 Å². The fourth-order valence-corrected chi connectivity index (χ4v) is 3.80. The molecule has 4 N–H and O–H groups in total. The minimum atomic E-state index is -0.0307. The Kier molecular flexibility index (Phi) is 9.52. The lowest BCUT2D eigenvalue weighted by molar-refractivity contribution is 0.232. The lowest BCUT2D eigenvalue weighted by Gasteiger charge is -2.23. The fraction of sp³-hybridized carbons (Fsp3) is 0.895. The van der Waals surface area contributed by atoms with E-state index in [1.165, 1.54) is 38.5 Å². The van der Waals surface area contributed by atoms with E-state index in [2.05, 4.69) is 21.3 Å². The summed E-state index contributed by atoms with van der Waals surface area (Å²) in [6.07, 6.45) is 14.9. The van der Waals surface area contributed by atoms with Gasteiger partial charge in [0.05, 0.1) is 0 Å². The second-order valence-electron chi connectivity index (χ2n) is 7.53. The molecule has 6 nitrogen and oxygen atoms in total. The molecule has 0 spiro atoms. The van der Waals surface area contributed by atoms with Crippen LogP contribution in [0.1, 0.15) is 83.5 Å². The molecule has 0 unspecified atom stereocenters. The van der Waals surface area contributed by atoms with Crippen LogP contribution in [0.3, 0.4) is 0 Å². The van der Waals surface area contributed by atoms with Gasteiger partial charge in [0.1, 0.15) is 0 Å². The van der Waals surface area contributed by atoms with Gasteiger partial charge in [0.2, 0.25) is 0 Å². The van der Waals surface area contributed by atoms with E-state index in [1.807, 2.05) is 0 Å². The maximum Gasteiger partial charge on any atom is 0.315 e. The number of amides is 4. The number of hydrogen-bond donors (Lipinski definition) is 4. The molecule has 2 rings (SSSR count). The van der Waals surface area contributed by atoms with Crippen molar-refractivity contribution in [3.05, 3.63) is 0 Å². The van der Waals surface area contributed by atoms with E-state index in [4.69, 9.17) is 0 Å². The van der Waals surface area contributed by atoms with E-state index in [0.717, 1.165) is 44.9 Å². The summed E-state index contributed by atoms with van der Waals surface area (Å²) in [4.78, 5) is 23.6. The highest BCUT2D eigenvalue weighted by Gasteiger charge is 2.16. The first-order chi connectivity index (χ1) is 12.2. The van der Waals surface area contributed by atoms with Crippen LogP contribution in [-0.2, 0) is 0 Å². The Balaban J connectivity index is 1.38. The van der Waals surface area contributed by atoms with Crippen LogP contribution in [0.15, 0.2) is 0 Å². The molecule has 6 heteroatoms. The Hall–Kier alpha value is -1.46. The molecule has 0 aliphatic heterocycles. The van der Waals surface area contributed by atoms with Gasteiger partial charge >= 0.3 is 12.1 Å². The average molecular weight is 353 g/mol. The van der Waals surface area contributed by atoms with E-state index in [9.17, 15) is 9.59 Å². The molecule has 2 aliphatic rings. The quantitative estimate of drug-likeness (QED) is 0.505. The van der Waals surface area contributed by atoms with E-state index in [1.54, 1.807) is 0 Å². The summed E-state index contributed by atoms with van der Waals surface area (Å²) >= 11 is 0. The zero-order chi connectivity index (χ0) is 17.7. The van der Waals surface area contributed by atoms with Crippen molar-refractivity contribution >= 4 is 12.1 Å². The predicted molar refractivity (Wildman–Crippen MR) is 101 cm³/mol. The highest BCUT2D eigenvalue weighted by molar-refractivity contribution is 5.74. The monoisotopic (exact) mass is 352 g/mol. The Morgan fingerprint density at radius 2 is 1.00 bits per heavy atom. The van der Waals surface area contributed by atoms with Gasteiger partial charge in [-0.05, 0) is 44.9 Å². The van der Waals surface area contributed by atoms with Crippen molar-refractivity contribution in [3.63, 3.8) is 0 Å². The zero-order valence-electron chi connectivity index (χ0n) is 15.6. The third kappa shape index (κ3) is 8.98. The second-order valence-corrected chi connectivity index (χ2v) is 7.53. The van der Waals surface area contributed by atoms with Gasteiger partial charge in [0.15, 0.2) is 0 Å². The maximum absolute atomic E-state index is 11.8. The lowest BCUT2D eigenvalue weighted by Crippen LogP contribution is -2.43. The summed E-state index contributed by atoms with van der Waals surface area (Å²) in [5, 5.41) is 12.0. The van der Waals surface area contributed by atoms with Crippen molar-refractivity contribution in [1.29, 1.82) is 0 Å². The highest BCUT2D eigenvalue weighted by Crippen LogP contribution is 2.17. The third-order valence-electron chi connectivity index (χ3n) is 5.31. The number of unbranched alkanes of at least 4 members (excludes halogenated alkanes) is 2. The van der Waals surface area contributed by atoms with Gasteiger partial charge in [-0.1, -0.05) is 38.5 Å². The van der Waals surface area contributed by atoms with Crippen molar-refractivity contribution in [2.75, 3.05) is 13.1 Å². The van der Waals surface area contributed by atoms with Gasteiger partial charge < -0.3 is 21.3 Å². The van der Waals surface area contributed by atoms with Crippen molar-refractivity contribution < 1.29 is 9.59 Å². The largest absolute Gasteiger partial charge is 0.338 e. The fourth-order valence-electron chi connectivity index (χ4n) is 3.80. The van der Waals surface area contributed by atoms with Crippen molar-refractivity contribution in [1.82, 2.24) is 21.3 Å². The number of hydrogen-bond acceptors (Lipinski definition) is 2. The summed E-state index contributed by atoms with van der Waals surface area (Å²) in [6.45, 7) is 1.40. The first-order valence-electron chi connectivity index (χ1n) is 10.3. The van der Waals surface area contributed by atoms with Gasteiger partial charge in [-0.15, -0.1) is 0 Å². The molecular weight excluding hydrogens is 316 g/mol. The second kappa shape index (κ2) is 12.0. The summed E-state index contributed by atoms with van der Waals surface area (Å²) in [5.41, 5.74) is 0. The van der Waals surface area contributed by atoms with Gasteiger partial charge in [0, 0.05) is 25.2 Å². The van der Waals surface area contributed by atoms with Crippen LogP contribution in [0, 0.1) is 0 Å². The molecule has 2 saturated carbocycles. The molecule has 0 bridgehead atoms. The molecule has 0 heterocycles. The molecule has 0 radical (unpaired) electrons. The lowest BCUT2D eigenvalue weighted by atomic mass is 9.96. The first-order valence-corrected chi connectivity index (χ1v) is 10.3. The third-order valence-corrected chi connectivity index (χ3v) is 5.31. The number of rotatable bonds is 8. The first kappa shape index (κ1) is 19.9. The van der Waals surface area contributed by atoms with Gasteiger partial charge in [0.25, 0.3) is 0 Å². The molecule has 144 valence electrons. The van der Waals surface area contributed by atoms with E-state index < -0.39 is 0 Å². The van der Waals surface area contributed by atoms with E-state index in [-0.39, 0.29) is 12.1 Å². The zero-order valence-corrected chi connectivity index (χ0v) is 15.6. The molecule has 2 fully saturated rings. The Bertz CT molecular complexity index is 355. The molecule has 0 aromatic heterocycles. The molecule has 0 atom stereocenters. The molecule has 25 heavy (non-hydrogen) atoms. The van der Waals surface area contributed by atoms with Gasteiger partial charge in [-0.2, -0.15) is 0 Å². The SMILES string of the molecule is O=C(NCCCCCNC(=O)NC1CCCCC1)NC1CCCCC1. The van der Waals surface area contributed by atoms with Crippen molar-refractivity contribution in [3.8, 4) is 0 Å². The van der Waals surface area contributed by atoms with Gasteiger partial charge in [-0.3, -0.25) is 0 Å². The van der Waals surface area contributed by atoms with Crippen molar-refractivity contribution in [2.24, 2.45) is 0 Å². The van der Waals surface area contributed by atoms with Crippen molar-refractivity contribution in [2.45, 2.75) is 95.6 Å². The van der Waals surface area contributed by atoms with Crippen LogP contribution in [0.4, 0.5) is 9.59 Å². The standard InChI is InChI=1S/C19H36N4O2/c24-18(22-16-10-4-1-5-11-16)20-14-8-3-9-15-21-19(25)23-17-12-6-2-7-13-17/h16-17H,1-15H2,(H2,20,22,24)(H2,21,23,25). The molecule has 0 aromatic rings. The average Bonchev–Trinajstić information content (AvgIpc) is 2.62. The Morgan fingerprint density at radius 3 is 1.40 bits per heavy atom. The number of carbonyl (C=O) groups is 2. The highest BCUT2D eigenvalue weighted by atomic mass is 16.2. The molecule has 2 aliphatic carbocycles. The maximum atomic E-state index is 11.8. The normalized spacial score (nSPS) is 19.2. The van der Waals surface area contributed by atoms with Crippen LogP contribution in [0.5, 0.6) is 0 Å². The molecule has 0 aromatic carbocycles. The topological polar surface area (TPSA) is 82.3 Å². The van der Waals surface area contributed by atoms with Crippen LogP contribution in [0.25, 0.3) is 0 Å². The molecular formula is C19H36N4O2. The smallest absolute Gasteiger partial charge is 0.315 e. The Labute approximate surface area is 152 Å². The van der Waals surface area contributed by atoms with E-state index in [0.29, 0.717) is 25.2 Å². The summed E-state index contributed by atoms with van der Waals surface area (Å²) < 4.78 is 0. The van der Waals surface area contributed by atoms with Crippen LogP contribution in [-0.4, -0.2) is 37.2 Å². The van der Waals surface area contributed by atoms with Crippen LogP contribution in [0.2, 0.25) is 0 Å². The van der Waals surface area contributed by atoms with E-state index >= 15 is 0 Å². The van der Waals surface area contributed by atoms with Gasteiger partial charge in [-0.25, -0.2) is 9.59 Å². The number of nitrogens with one attached hydrogen (secondary N) is 4. The summed E-state index contributed by atoms with van der Waals surface area (Å²) in [5.74, 6) is 0. The molecule has 0 saturated heterocycles.